The highest BCUT2D eigenvalue weighted by atomic mass is 16.5. The standard InChI is InChI=1S/C18H20O/c1-12(2)11-15-14-8-4-5-9-16(14)19-17-10-6-7-13(3)18(15)17/h4-10,12,15H,11H2,1-3H3. The molecular weight excluding hydrogens is 232 g/mol. The maximum Gasteiger partial charge on any atom is 0.131 e. The van der Waals surface area contributed by atoms with Gasteiger partial charge in [-0.05, 0) is 37.0 Å². The molecule has 0 amide bonds. The Kier molecular flexibility index (Phi) is 3.06. The predicted molar refractivity (Wildman–Crippen MR) is 79.0 cm³/mol. The zero-order valence-corrected chi connectivity index (χ0v) is 11.8. The van der Waals surface area contributed by atoms with E-state index in [1.807, 2.05) is 6.07 Å². The van der Waals surface area contributed by atoms with E-state index in [1.165, 1.54) is 16.7 Å². The van der Waals surface area contributed by atoms with Gasteiger partial charge in [-0.15, -0.1) is 0 Å². The van der Waals surface area contributed by atoms with Gasteiger partial charge in [-0.2, -0.15) is 0 Å². The van der Waals surface area contributed by atoms with Gasteiger partial charge in [0.25, 0.3) is 0 Å². The predicted octanol–water partition coefficient (Wildman–Crippen LogP) is 5.28. The molecule has 19 heavy (non-hydrogen) atoms. The third kappa shape index (κ3) is 2.14. The third-order valence-electron chi connectivity index (χ3n) is 3.85. The summed E-state index contributed by atoms with van der Waals surface area (Å²) in [5.74, 6) is 3.18. The van der Waals surface area contributed by atoms with Gasteiger partial charge in [-0.3, -0.25) is 0 Å². The molecular formula is C18H20O. The number of rotatable bonds is 2. The molecule has 2 aromatic rings. The van der Waals surface area contributed by atoms with Crippen LogP contribution in [0.1, 0.15) is 42.9 Å². The lowest BCUT2D eigenvalue weighted by Gasteiger charge is -2.30. The average molecular weight is 252 g/mol. The number of fused-ring (bicyclic) bond motifs is 2. The van der Waals surface area contributed by atoms with Crippen molar-refractivity contribution in [1.29, 1.82) is 0 Å². The zero-order chi connectivity index (χ0) is 13.4. The lowest BCUT2D eigenvalue weighted by molar-refractivity contribution is 0.424. The van der Waals surface area contributed by atoms with Crippen molar-refractivity contribution < 1.29 is 4.74 Å². The van der Waals surface area contributed by atoms with Crippen LogP contribution in [-0.4, -0.2) is 0 Å². The summed E-state index contributed by atoms with van der Waals surface area (Å²) in [5, 5.41) is 0. The molecule has 0 fully saturated rings. The summed E-state index contributed by atoms with van der Waals surface area (Å²) < 4.78 is 6.07. The number of ether oxygens (including phenoxy) is 1. The Hall–Kier alpha value is -1.76. The van der Waals surface area contributed by atoms with Crippen LogP contribution in [0.3, 0.4) is 0 Å². The number of para-hydroxylation sites is 1. The fraction of sp³-hybridized carbons (Fsp3) is 0.333. The highest BCUT2D eigenvalue weighted by Gasteiger charge is 2.28. The summed E-state index contributed by atoms with van der Waals surface area (Å²) in [6, 6.07) is 14.8. The maximum absolute atomic E-state index is 6.07. The first-order valence-corrected chi connectivity index (χ1v) is 7.03. The highest BCUT2D eigenvalue weighted by Crippen LogP contribution is 2.47. The summed E-state index contributed by atoms with van der Waals surface area (Å²) in [4.78, 5) is 0. The van der Waals surface area contributed by atoms with Crippen LogP contribution in [0.2, 0.25) is 0 Å². The van der Waals surface area contributed by atoms with Gasteiger partial charge in [0.1, 0.15) is 11.5 Å². The molecule has 1 aliphatic heterocycles. The molecule has 0 saturated heterocycles. The van der Waals surface area contributed by atoms with E-state index in [2.05, 4.69) is 57.2 Å². The van der Waals surface area contributed by atoms with Crippen LogP contribution < -0.4 is 4.74 Å². The second-order valence-corrected chi connectivity index (χ2v) is 5.81. The largest absolute Gasteiger partial charge is 0.457 e. The maximum atomic E-state index is 6.07. The van der Waals surface area contributed by atoms with E-state index in [0.717, 1.165) is 17.9 Å². The molecule has 1 aliphatic rings. The van der Waals surface area contributed by atoms with Crippen molar-refractivity contribution in [3.05, 3.63) is 59.2 Å². The first-order valence-electron chi connectivity index (χ1n) is 7.03. The summed E-state index contributed by atoms with van der Waals surface area (Å²) in [6.45, 7) is 6.76. The van der Waals surface area contributed by atoms with Gasteiger partial charge in [0, 0.05) is 17.0 Å². The minimum atomic E-state index is 0.459. The van der Waals surface area contributed by atoms with E-state index in [1.54, 1.807) is 0 Å². The number of benzene rings is 2. The molecule has 0 saturated carbocycles. The van der Waals surface area contributed by atoms with Crippen molar-refractivity contribution in [3.8, 4) is 11.5 Å². The SMILES string of the molecule is Cc1cccc2c1C(CC(C)C)c1ccccc1O2. The van der Waals surface area contributed by atoms with E-state index in [0.29, 0.717) is 11.8 Å². The Labute approximate surface area is 115 Å². The van der Waals surface area contributed by atoms with Crippen molar-refractivity contribution in [2.75, 3.05) is 0 Å². The van der Waals surface area contributed by atoms with Gasteiger partial charge < -0.3 is 4.74 Å². The molecule has 2 aromatic carbocycles. The molecule has 0 aromatic heterocycles. The molecule has 0 aliphatic carbocycles. The van der Waals surface area contributed by atoms with Crippen molar-refractivity contribution in [1.82, 2.24) is 0 Å². The number of aryl methyl sites for hydroxylation is 1. The van der Waals surface area contributed by atoms with Gasteiger partial charge in [0.05, 0.1) is 0 Å². The molecule has 3 rings (SSSR count). The van der Waals surface area contributed by atoms with Crippen molar-refractivity contribution in [3.63, 3.8) is 0 Å². The average Bonchev–Trinajstić information content (AvgIpc) is 2.38. The van der Waals surface area contributed by atoms with E-state index < -0.39 is 0 Å². The Bertz CT molecular complexity index is 598. The van der Waals surface area contributed by atoms with Gasteiger partial charge >= 0.3 is 0 Å². The van der Waals surface area contributed by atoms with E-state index >= 15 is 0 Å². The van der Waals surface area contributed by atoms with Crippen LogP contribution in [0.25, 0.3) is 0 Å². The van der Waals surface area contributed by atoms with Gasteiger partial charge in [-0.25, -0.2) is 0 Å². The van der Waals surface area contributed by atoms with Crippen LogP contribution in [-0.2, 0) is 0 Å². The van der Waals surface area contributed by atoms with Crippen LogP contribution in [0, 0.1) is 12.8 Å². The molecule has 98 valence electrons. The minimum Gasteiger partial charge on any atom is -0.457 e. The molecule has 1 unspecified atom stereocenters. The lowest BCUT2D eigenvalue weighted by Crippen LogP contribution is -2.13. The van der Waals surface area contributed by atoms with Crippen LogP contribution in [0.15, 0.2) is 42.5 Å². The molecule has 0 spiro atoms. The van der Waals surface area contributed by atoms with E-state index in [-0.39, 0.29) is 0 Å². The summed E-state index contributed by atoms with van der Waals surface area (Å²) >= 11 is 0. The topological polar surface area (TPSA) is 9.23 Å². The fourth-order valence-electron chi connectivity index (χ4n) is 3.04. The molecule has 1 heteroatoms. The molecule has 1 atom stereocenters. The number of hydrogen-bond donors (Lipinski definition) is 0. The second kappa shape index (κ2) is 4.73. The zero-order valence-electron chi connectivity index (χ0n) is 11.8. The first-order chi connectivity index (χ1) is 9.16. The number of hydrogen-bond acceptors (Lipinski definition) is 1. The van der Waals surface area contributed by atoms with E-state index in [9.17, 15) is 0 Å². The van der Waals surface area contributed by atoms with Crippen LogP contribution in [0.4, 0.5) is 0 Å². The van der Waals surface area contributed by atoms with Gasteiger partial charge in [0.2, 0.25) is 0 Å². The highest BCUT2D eigenvalue weighted by molar-refractivity contribution is 5.55. The first kappa shape index (κ1) is 12.3. The molecule has 0 N–H and O–H groups in total. The fourth-order valence-corrected chi connectivity index (χ4v) is 3.04. The van der Waals surface area contributed by atoms with Crippen molar-refractivity contribution >= 4 is 0 Å². The van der Waals surface area contributed by atoms with Crippen LogP contribution >= 0.6 is 0 Å². The summed E-state index contributed by atoms with van der Waals surface area (Å²) in [6.07, 6.45) is 1.16. The lowest BCUT2D eigenvalue weighted by atomic mass is 9.80. The van der Waals surface area contributed by atoms with E-state index in [4.69, 9.17) is 4.74 Å². The summed E-state index contributed by atoms with van der Waals surface area (Å²) in [5.41, 5.74) is 4.03. The second-order valence-electron chi connectivity index (χ2n) is 5.81. The Morgan fingerprint density at radius 3 is 2.53 bits per heavy atom. The quantitative estimate of drug-likeness (QED) is 0.706. The van der Waals surface area contributed by atoms with Crippen LogP contribution in [0.5, 0.6) is 11.5 Å². The molecule has 0 radical (unpaired) electrons. The normalized spacial score (nSPS) is 16.7. The third-order valence-corrected chi connectivity index (χ3v) is 3.85. The molecule has 1 nitrogen and oxygen atoms in total. The molecule has 1 heterocycles. The molecule has 0 bridgehead atoms. The van der Waals surface area contributed by atoms with Gasteiger partial charge in [0.15, 0.2) is 0 Å². The minimum absolute atomic E-state index is 0.459. The van der Waals surface area contributed by atoms with Crippen molar-refractivity contribution in [2.24, 2.45) is 5.92 Å². The smallest absolute Gasteiger partial charge is 0.131 e. The monoisotopic (exact) mass is 252 g/mol. The summed E-state index contributed by atoms with van der Waals surface area (Å²) in [7, 11) is 0. The Morgan fingerprint density at radius 2 is 1.74 bits per heavy atom. The van der Waals surface area contributed by atoms with Gasteiger partial charge in [-0.1, -0.05) is 44.2 Å². The Morgan fingerprint density at radius 1 is 1.00 bits per heavy atom. The van der Waals surface area contributed by atoms with Crippen molar-refractivity contribution in [2.45, 2.75) is 33.1 Å². The Balaban J connectivity index is 2.16.